The van der Waals surface area contributed by atoms with Crippen LogP contribution in [0.25, 0.3) is 0 Å². The SMILES string of the molecule is Cc1cccc(N2CCN(C(=O)c3ccc(N4CCOCC4)c([N+](=O)[O-])c3)CC2)c1C. The van der Waals surface area contributed by atoms with Crippen molar-refractivity contribution in [1.82, 2.24) is 4.90 Å². The highest BCUT2D eigenvalue weighted by Crippen LogP contribution is 2.31. The van der Waals surface area contributed by atoms with Crippen LogP contribution in [0, 0.1) is 24.0 Å². The molecule has 2 aliphatic rings. The van der Waals surface area contributed by atoms with Gasteiger partial charge >= 0.3 is 0 Å². The minimum Gasteiger partial charge on any atom is -0.378 e. The van der Waals surface area contributed by atoms with Crippen molar-refractivity contribution in [3.8, 4) is 0 Å². The van der Waals surface area contributed by atoms with E-state index < -0.39 is 4.92 Å². The number of nitro groups is 1. The lowest BCUT2D eigenvalue weighted by molar-refractivity contribution is -0.384. The van der Waals surface area contributed by atoms with Crippen LogP contribution in [0.1, 0.15) is 21.5 Å². The molecule has 0 aliphatic carbocycles. The maximum Gasteiger partial charge on any atom is 0.293 e. The molecule has 0 radical (unpaired) electrons. The van der Waals surface area contributed by atoms with Gasteiger partial charge in [-0.25, -0.2) is 0 Å². The summed E-state index contributed by atoms with van der Waals surface area (Å²) in [4.78, 5) is 30.4. The van der Waals surface area contributed by atoms with Crippen molar-refractivity contribution in [3.05, 3.63) is 63.2 Å². The summed E-state index contributed by atoms with van der Waals surface area (Å²) in [5, 5.41) is 11.7. The maximum atomic E-state index is 13.1. The molecule has 0 N–H and O–H groups in total. The van der Waals surface area contributed by atoms with Crippen molar-refractivity contribution in [2.24, 2.45) is 0 Å². The highest BCUT2D eigenvalue weighted by molar-refractivity contribution is 5.96. The number of hydrogen-bond donors (Lipinski definition) is 0. The Morgan fingerprint density at radius 2 is 1.61 bits per heavy atom. The second-order valence-electron chi connectivity index (χ2n) is 8.06. The van der Waals surface area contributed by atoms with Crippen molar-refractivity contribution in [2.45, 2.75) is 13.8 Å². The first-order chi connectivity index (χ1) is 15.0. The number of nitrogens with zero attached hydrogens (tertiary/aromatic N) is 4. The molecule has 2 aliphatic heterocycles. The number of benzene rings is 2. The van der Waals surface area contributed by atoms with Gasteiger partial charge in [-0.2, -0.15) is 0 Å². The zero-order valence-corrected chi connectivity index (χ0v) is 18.0. The Morgan fingerprint density at radius 3 is 2.29 bits per heavy atom. The van der Waals surface area contributed by atoms with Gasteiger partial charge in [-0.05, 0) is 43.2 Å². The monoisotopic (exact) mass is 424 g/mol. The average Bonchev–Trinajstić information content (AvgIpc) is 2.80. The number of aryl methyl sites for hydroxylation is 1. The van der Waals surface area contributed by atoms with Gasteiger partial charge in [-0.3, -0.25) is 14.9 Å². The summed E-state index contributed by atoms with van der Waals surface area (Å²) in [6.07, 6.45) is 0. The third kappa shape index (κ3) is 4.34. The van der Waals surface area contributed by atoms with E-state index in [-0.39, 0.29) is 11.6 Å². The van der Waals surface area contributed by atoms with Gasteiger partial charge in [0.2, 0.25) is 0 Å². The van der Waals surface area contributed by atoms with Crippen molar-refractivity contribution in [2.75, 3.05) is 62.3 Å². The van der Waals surface area contributed by atoms with Gasteiger partial charge in [-0.15, -0.1) is 0 Å². The molecule has 0 atom stereocenters. The summed E-state index contributed by atoms with van der Waals surface area (Å²) >= 11 is 0. The first kappa shape index (κ1) is 21.1. The minimum atomic E-state index is -0.403. The number of amides is 1. The molecule has 2 aromatic rings. The highest BCUT2D eigenvalue weighted by atomic mass is 16.6. The van der Waals surface area contributed by atoms with Crippen LogP contribution in [0.2, 0.25) is 0 Å². The standard InChI is InChI=1S/C23H28N4O4/c1-17-4-3-5-20(18(17)2)24-8-10-26(11-9-24)23(28)19-6-7-21(22(16-19)27(29)30)25-12-14-31-15-13-25/h3-7,16H,8-15H2,1-2H3. The zero-order valence-electron chi connectivity index (χ0n) is 18.0. The van der Waals surface area contributed by atoms with E-state index >= 15 is 0 Å². The van der Waals surface area contributed by atoms with Crippen LogP contribution >= 0.6 is 0 Å². The lowest BCUT2D eigenvalue weighted by atomic mass is 10.1. The second-order valence-corrected chi connectivity index (χ2v) is 8.06. The fraction of sp³-hybridized carbons (Fsp3) is 0.435. The van der Waals surface area contributed by atoms with E-state index in [1.165, 1.54) is 22.9 Å². The van der Waals surface area contributed by atoms with E-state index in [9.17, 15) is 14.9 Å². The second kappa shape index (κ2) is 8.93. The molecule has 4 rings (SSSR count). The fourth-order valence-electron chi connectivity index (χ4n) is 4.29. The van der Waals surface area contributed by atoms with Gasteiger partial charge in [0.1, 0.15) is 5.69 Å². The molecule has 2 aromatic carbocycles. The summed E-state index contributed by atoms with van der Waals surface area (Å²) in [6.45, 7) is 9.18. The van der Waals surface area contributed by atoms with Crippen molar-refractivity contribution >= 4 is 23.0 Å². The Hall–Kier alpha value is -3.13. The number of hydrogen-bond acceptors (Lipinski definition) is 6. The summed E-state index contributed by atoms with van der Waals surface area (Å²) in [5.74, 6) is -0.155. The predicted octanol–water partition coefficient (Wildman–Crippen LogP) is 3.01. The molecule has 0 saturated carbocycles. The van der Waals surface area contributed by atoms with Gasteiger partial charge < -0.3 is 19.4 Å². The fourth-order valence-corrected chi connectivity index (χ4v) is 4.29. The van der Waals surface area contributed by atoms with Crippen LogP contribution < -0.4 is 9.80 Å². The van der Waals surface area contributed by atoms with Gasteiger partial charge in [0.25, 0.3) is 11.6 Å². The molecule has 164 valence electrons. The van der Waals surface area contributed by atoms with E-state index in [2.05, 4.69) is 36.9 Å². The van der Waals surface area contributed by atoms with Crippen molar-refractivity contribution in [1.29, 1.82) is 0 Å². The van der Waals surface area contributed by atoms with Crippen LogP contribution in [0.4, 0.5) is 17.1 Å². The molecular weight excluding hydrogens is 396 g/mol. The molecule has 8 nitrogen and oxygen atoms in total. The Balaban J connectivity index is 1.48. The number of nitro benzene ring substituents is 1. The van der Waals surface area contributed by atoms with Crippen LogP contribution in [0.15, 0.2) is 36.4 Å². The Bertz CT molecular complexity index is 980. The van der Waals surface area contributed by atoms with E-state index in [1.807, 2.05) is 4.90 Å². The number of piperazine rings is 1. The highest BCUT2D eigenvalue weighted by Gasteiger charge is 2.27. The van der Waals surface area contributed by atoms with Crippen molar-refractivity contribution < 1.29 is 14.5 Å². The molecule has 2 fully saturated rings. The number of anilines is 2. The molecule has 2 heterocycles. The largest absolute Gasteiger partial charge is 0.378 e. The Labute approximate surface area is 182 Å². The summed E-state index contributed by atoms with van der Waals surface area (Å²) in [5.41, 5.74) is 4.60. The first-order valence-corrected chi connectivity index (χ1v) is 10.7. The number of morpholine rings is 1. The van der Waals surface area contributed by atoms with Gasteiger partial charge in [-0.1, -0.05) is 12.1 Å². The number of carbonyl (C=O) groups is 1. The quantitative estimate of drug-likeness (QED) is 0.555. The van der Waals surface area contributed by atoms with E-state index in [4.69, 9.17) is 4.74 Å². The number of rotatable bonds is 4. The number of carbonyl (C=O) groups excluding carboxylic acids is 1. The lowest BCUT2D eigenvalue weighted by Crippen LogP contribution is -2.49. The first-order valence-electron chi connectivity index (χ1n) is 10.7. The summed E-state index contributed by atoms with van der Waals surface area (Å²) < 4.78 is 5.34. The van der Waals surface area contributed by atoms with Gasteiger partial charge in [0.05, 0.1) is 18.1 Å². The molecule has 1 amide bonds. The van der Waals surface area contributed by atoms with Crippen molar-refractivity contribution in [3.63, 3.8) is 0 Å². The average molecular weight is 425 g/mol. The van der Waals surface area contributed by atoms with Gasteiger partial charge in [0.15, 0.2) is 0 Å². The smallest absolute Gasteiger partial charge is 0.293 e. The molecule has 31 heavy (non-hydrogen) atoms. The van der Waals surface area contributed by atoms with E-state index in [0.29, 0.717) is 50.6 Å². The van der Waals surface area contributed by atoms with Crippen LogP contribution in [0.3, 0.4) is 0 Å². The Kier molecular flexibility index (Phi) is 6.08. The molecule has 8 heteroatoms. The third-order valence-corrected chi connectivity index (χ3v) is 6.25. The molecule has 2 saturated heterocycles. The van der Waals surface area contributed by atoms with Gasteiger partial charge in [0, 0.05) is 56.6 Å². The number of ether oxygens (including phenoxy) is 1. The topological polar surface area (TPSA) is 79.2 Å². The van der Waals surface area contributed by atoms with E-state index in [1.54, 1.807) is 17.0 Å². The molecular formula is C23H28N4O4. The van der Waals surface area contributed by atoms with Crippen LogP contribution in [-0.4, -0.2) is 68.2 Å². The third-order valence-electron chi connectivity index (χ3n) is 6.25. The maximum absolute atomic E-state index is 13.1. The minimum absolute atomic E-state index is 0.0261. The molecule has 0 unspecified atom stereocenters. The molecule has 0 bridgehead atoms. The normalized spacial score (nSPS) is 17.0. The molecule has 0 aromatic heterocycles. The predicted molar refractivity (Wildman–Crippen MR) is 120 cm³/mol. The zero-order chi connectivity index (χ0) is 22.0. The Morgan fingerprint density at radius 1 is 0.935 bits per heavy atom. The summed E-state index contributed by atoms with van der Waals surface area (Å²) in [7, 11) is 0. The summed E-state index contributed by atoms with van der Waals surface area (Å²) in [6, 6.07) is 11.1. The lowest BCUT2D eigenvalue weighted by Gasteiger charge is -2.37. The van der Waals surface area contributed by atoms with E-state index in [0.717, 1.165) is 13.1 Å². The van der Waals surface area contributed by atoms with Crippen LogP contribution in [-0.2, 0) is 4.74 Å². The van der Waals surface area contributed by atoms with Crippen LogP contribution in [0.5, 0.6) is 0 Å². The molecule has 0 spiro atoms.